The number of benzene rings is 2. The van der Waals surface area contributed by atoms with Gasteiger partial charge in [-0.2, -0.15) is 5.10 Å². The van der Waals surface area contributed by atoms with E-state index >= 15 is 0 Å². The van der Waals surface area contributed by atoms with Crippen LogP contribution >= 0.6 is 23.2 Å². The van der Waals surface area contributed by atoms with Gasteiger partial charge in [-0.15, -0.1) is 0 Å². The van der Waals surface area contributed by atoms with Crippen molar-refractivity contribution < 1.29 is 4.79 Å². The Bertz CT molecular complexity index is 1030. The summed E-state index contributed by atoms with van der Waals surface area (Å²) in [5, 5.41) is 8.11. The summed E-state index contributed by atoms with van der Waals surface area (Å²) in [6.45, 7) is 8.12. The third kappa shape index (κ3) is 4.58. The smallest absolute Gasteiger partial charge is 0.248 e. The molecule has 2 aromatic carbocycles. The van der Waals surface area contributed by atoms with E-state index < -0.39 is 5.41 Å². The maximum atomic E-state index is 13.4. The van der Waals surface area contributed by atoms with E-state index in [2.05, 4.69) is 13.0 Å². The molecule has 2 aliphatic rings. The van der Waals surface area contributed by atoms with E-state index in [-0.39, 0.29) is 17.9 Å². The third-order valence-electron chi connectivity index (χ3n) is 6.04. The standard InChI is InChI=1S/C26H28Cl2N2O/c1-16-13-19(15-17-5-9-20(27)10-6-17)23-22(14-16)24(18-7-11-21(28)12-8-18)30(29-23)25(31)26(2,3)4/h5-12,15-16,22,24H,13-14H2,1-4H3/b19-15+/t16-,22-,24-/m1/s1. The van der Waals surface area contributed by atoms with Crippen molar-refractivity contribution in [3.8, 4) is 0 Å². The SMILES string of the molecule is C[C@@H]1C/C(=C\c2ccc(Cl)cc2)C2=NN(C(=O)C(C)(C)C)[C@H](c3ccc(Cl)cc3)[C@@H]2C1. The molecule has 0 N–H and O–H groups in total. The number of rotatable bonds is 2. The summed E-state index contributed by atoms with van der Waals surface area (Å²) >= 11 is 12.2. The zero-order chi connectivity index (χ0) is 22.3. The number of nitrogens with zero attached hydrogens (tertiary/aromatic N) is 2. The van der Waals surface area contributed by atoms with Crippen LogP contribution in [0.4, 0.5) is 0 Å². The van der Waals surface area contributed by atoms with Gasteiger partial charge in [0.1, 0.15) is 0 Å². The minimum Gasteiger partial charge on any atom is -0.272 e. The van der Waals surface area contributed by atoms with Gasteiger partial charge in [0, 0.05) is 21.4 Å². The Labute approximate surface area is 194 Å². The molecule has 1 fully saturated rings. The number of halogens is 2. The van der Waals surface area contributed by atoms with E-state index in [9.17, 15) is 4.79 Å². The molecule has 2 aromatic rings. The van der Waals surface area contributed by atoms with Crippen molar-refractivity contribution in [1.29, 1.82) is 0 Å². The monoisotopic (exact) mass is 454 g/mol. The van der Waals surface area contributed by atoms with Gasteiger partial charge < -0.3 is 0 Å². The quantitative estimate of drug-likeness (QED) is 0.464. The van der Waals surface area contributed by atoms with Crippen molar-refractivity contribution in [3.05, 3.63) is 75.3 Å². The van der Waals surface area contributed by atoms with Crippen molar-refractivity contribution in [3.63, 3.8) is 0 Å². The highest BCUT2D eigenvalue weighted by molar-refractivity contribution is 6.30. The summed E-state index contributed by atoms with van der Waals surface area (Å²) in [7, 11) is 0. The van der Waals surface area contributed by atoms with Gasteiger partial charge in [-0.05, 0) is 65.8 Å². The Morgan fingerprint density at radius 2 is 1.61 bits per heavy atom. The molecule has 1 amide bonds. The first-order chi connectivity index (χ1) is 14.6. The minimum absolute atomic E-state index is 0.0350. The van der Waals surface area contributed by atoms with E-state index in [1.807, 2.05) is 69.3 Å². The maximum absolute atomic E-state index is 13.4. The van der Waals surface area contributed by atoms with E-state index in [4.69, 9.17) is 28.3 Å². The molecule has 0 bridgehead atoms. The topological polar surface area (TPSA) is 32.7 Å². The number of hydrogen-bond donors (Lipinski definition) is 0. The number of hydrogen-bond acceptors (Lipinski definition) is 2. The number of carbonyl (C=O) groups excluding carboxylic acids is 1. The number of fused-ring (bicyclic) bond motifs is 1. The molecular formula is C26H28Cl2N2O. The molecule has 162 valence electrons. The average molecular weight is 455 g/mol. The fourth-order valence-corrected chi connectivity index (χ4v) is 4.81. The van der Waals surface area contributed by atoms with Crippen LogP contribution in [0.3, 0.4) is 0 Å². The summed E-state index contributed by atoms with van der Waals surface area (Å²) in [6.07, 6.45) is 4.14. The van der Waals surface area contributed by atoms with Crippen LogP contribution in [-0.4, -0.2) is 16.6 Å². The second kappa shape index (κ2) is 8.44. The summed E-state index contributed by atoms with van der Waals surface area (Å²) in [4.78, 5) is 13.4. The van der Waals surface area contributed by atoms with Crippen molar-refractivity contribution in [1.82, 2.24) is 5.01 Å². The summed E-state index contributed by atoms with van der Waals surface area (Å²) < 4.78 is 0. The van der Waals surface area contributed by atoms with Crippen LogP contribution in [0.2, 0.25) is 10.0 Å². The van der Waals surface area contributed by atoms with E-state index in [1.165, 1.54) is 5.57 Å². The van der Waals surface area contributed by atoms with Gasteiger partial charge in [0.25, 0.3) is 0 Å². The normalized spacial score (nSPS) is 24.8. The third-order valence-corrected chi connectivity index (χ3v) is 6.54. The summed E-state index contributed by atoms with van der Waals surface area (Å²) in [5.41, 5.74) is 3.89. The maximum Gasteiger partial charge on any atom is 0.248 e. The Balaban J connectivity index is 1.80. The fraction of sp³-hybridized carbons (Fsp3) is 0.385. The predicted molar refractivity (Wildman–Crippen MR) is 129 cm³/mol. The van der Waals surface area contributed by atoms with Crippen LogP contribution in [0.5, 0.6) is 0 Å². The van der Waals surface area contributed by atoms with Gasteiger partial charge in [0.15, 0.2) is 0 Å². The van der Waals surface area contributed by atoms with Gasteiger partial charge in [-0.3, -0.25) is 4.79 Å². The molecular weight excluding hydrogens is 427 g/mol. The van der Waals surface area contributed by atoms with E-state index in [1.54, 1.807) is 5.01 Å². The first-order valence-electron chi connectivity index (χ1n) is 10.8. The van der Waals surface area contributed by atoms with E-state index in [0.29, 0.717) is 10.9 Å². The molecule has 0 saturated heterocycles. The van der Waals surface area contributed by atoms with Gasteiger partial charge in [-0.25, -0.2) is 5.01 Å². The molecule has 0 radical (unpaired) electrons. The molecule has 1 aliphatic heterocycles. The van der Waals surface area contributed by atoms with E-state index in [0.717, 1.165) is 34.7 Å². The van der Waals surface area contributed by atoms with Gasteiger partial charge in [-0.1, -0.05) is 75.2 Å². The Morgan fingerprint density at radius 3 is 2.19 bits per heavy atom. The van der Waals surface area contributed by atoms with Crippen LogP contribution in [0.25, 0.3) is 6.08 Å². The van der Waals surface area contributed by atoms with Crippen LogP contribution in [-0.2, 0) is 4.79 Å². The molecule has 4 rings (SSSR count). The van der Waals surface area contributed by atoms with Crippen molar-refractivity contribution in [2.75, 3.05) is 0 Å². The Hall–Kier alpha value is -2.10. The number of amides is 1. The van der Waals surface area contributed by atoms with Crippen molar-refractivity contribution in [2.24, 2.45) is 22.4 Å². The molecule has 0 spiro atoms. The zero-order valence-corrected chi connectivity index (χ0v) is 19.9. The lowest BCUT2D eigenvalue weighted by Gasteiger charge is -2.34. The average Bonchev–Trinajstić information content (AvgIpc) is 3.08. The lowest BCUT2D eigenvalue weighted by molar-refractivity contribution is -0.142. The minimum atomic E-state index is -0.520. The first kappa shape index (κ1) is 22.1. The van der Waals surface area contributed by atoms with Crippen LogP contribution in [0, 0.1) is 17.3 Å². The lowest BCUT2D eigenvalue weighted by Crippen LogP contribution is -2.38. The molecule has 0 aromatic heterocycles. The summed E-state index contributed by atoms with van der Waals surface area (Å²) in [6, 6.07) is 15.6. The Kier molecular flexibility index (Phi) is 6.02. The van der Waals surface area contributed by atoms with Gasteiger partial charge in [0.2, 0.25) is 5.91 Å². The van der Waals surface area contributed by atoms with Crippen molar-refractivity contribution >= 4 is 40.9 Å². The molecule has 0 unspecified atom stereocenters. The van der Waals surface area contributed by atoms with Crippen LogP contribution in [0.15, 0.2) is 59.2 Å². The first-order valence-corrected chi connectivity index (χ1v) is 11.5. The summed E-state index contributed by atoms with van der Waals surface area (Å²) in [5.74, 6) is 0.699. The van der Waals surface area contributed by atoms with Crippen LogP contribution < -0.4 is 0 Å². The van der Waals surface area contributed by atoms with Gasteiger partial charge >= 0.3 is 0 Å². The molecule has 1 saturated carbocycles. The highest BCUT2D eigenvalue weighted by Gasteiger charge is 2.47. The Morgan fingerprint density at radius 1 is 1.03 bits per heavy atom. The van der Waals surface area contributed by atoms with Crippen LogP contribution in [0.1, 0.15) is 57.7 Å². The second-order valence-corrected chi connectivity index (χ2v) is 10.6. The fourth-order valence-electron chi connectivity index (χ4n) is 4.55. The molecule has 1 aliphatic carbocycles. The molecule has 31 heavy (non-hydrogen) atoms. The molecule has 3 nitrogen and oxygen atoms in total. The molecule has 1 heterocycles. The number of hydrazone groups is 1. The second-order valence-electron chi connectivity index (χ2n) is 9.75. The highest BCUT2D eigenvalue weighted by Crippen LogP contribution is 2.47. The largest absolute Gasteiger partial charge is 0.272 e. The highest BCUT2D eigenvalue weighted by atomic mass is 35.5. The predicted octanol–water partition coefficient (Wildman–Crippen LogP) is 7.41. The molecule has 3 atom stereocenters. The van der Waals surface area contributed by atoms with Gasteiger partial charge in [0.05, 0.1) is 11.8 Å². The lowest BCUT2D eigenvalue weighted by atomic mass is 9.73. The molecule has 5 heteroatoms. The number of allylic oxidation sites excluding steroid dienone is 1. The number of carbonyl (C=O) groups is 1. The van der Waals surface area contributed by atoms with Crippen molar-refractivity contribution in [2.45, 2.75) is 46.6 Å². The zero-order valence-electron chi connectivity index (χ0n) is 18.4.